The van der Waals surface area contributed by atoms with Crippen molar-refractivity contribution < 1.29 is 0 Å². The van der Waals surface area contributed by atoms with E-state index < -0.39 is 0 Å². The molecule has 2 rings (SSSR count). The van der Waals surface area contributed by atoms with Gasteiger partial charge in [-0.3, -0.25) is 0 Å². The van der Waals surface area contributed by atoms with Crippen LogP contribution in [0, 0.1) is 6.92 Å². The van der Waals surface area contributed by atoms with Gasteiger partial charge in [0.25, 0.3) is 0 Å². The van der Waals surface area contributed by atoms with E-state index in [1.807, 2.05) is 0 Å². The van der Waals surface area contributed by atoms with Gasteiger partial charge in [0.05, 0.1) is 0 Å². The highest BCUT2D eigenvalue weighted by Crippen LogP contribution is 2.26. The molecule has 0 unspecified atom stereocenters. The maximum absolute atomic E-state index is 2.32. The second kappa shape index (κ2) is 7.68. The van der Waals surface area contributed by atoms with Gasteiger partial charge in [-0.05, 0) is 55.3 Å². The van der Waals surface area contributed by atoms with E-state index in [0.29, 0.717) is 0 Å². The van der Waals surface area contributed by atoms with Crippen molar-refractivity contribution in [1.29, 1.82) is 0 Å². The molecule has 0 spiro atoms. The summed E-state index contributed by atoms with van der Waals surface area (Å²) in [6.07, 6.45) is 6.70. The maximum atomic E-state index is 2.32. The van der Waals surface area contributed by atoms with Gasteiger partial charge in [0.2, 0.25) is 0 Å². The van der Waals surface area contributed by atoms with Crippen LogP contribution in [0.3, 0.4) is 0 Å². The highest BCUT2D eigenvalue weighted by Gasteiger charge is 2.04. The molecule has 21 heavy (non-hydrogen) atoms. The molecule has 0 aromatic heterocycles. The number of unbranched alkanes of at least 4 members (excludes halogenated alkanes) is 1. The van der Waals surface area contributed by atoms with Gasteiger partial charge in [0.1, 0.15) is 0 Å². The zero-order chi connectivity index (χ0) is 15.1. The molecule has 1 heteroatoms. The molecule has 110 valence electrons. The first kappa shape index (κ1) is 15.4. The van der Waals surface area contributed by atoms with Gasteiger partial charge in [-0.25, -0.2) is 0 Å². The first-order valence-corrected chi connectivity index (χ1v) is 7.81. The Balaban J connectivity index is 2.23. The third-order valence-electron chi connectivity index (χ3n) is 3.74. The van der Waals surface area contributed by atoms with Crippen molar-refractivity contribution >= 4 is 5.69 Å². The third kappa shape index (κ3) is 3.98. The third-order valence-corrected chi connectivity index (χ3v) is 3.74. The number of rotatable bonds is 6. The lowest BCUT2D eigenvalue weighted by molar-refractivity contribution is 0.782. The van der Waals surface area contributed by atoms with E-state index in [-0.39, 0.29) is 0 Å². The first-order valence-electron chi connectivity index (χ1n) is 7.81. The molecule has 1 nitrogen and oxygen atoms in total. The Bertz CT molecular complexity index is 581. The van der Waals surface area contributed by atoms with Crippen LogP contribution < -0.4 is 4.90 Å². The Morgan fingerprint density at radius 2 is 1.71 bits per heavy atom. The number of benzene rings is 2. The van der Waals surface area contributed by atoms with Gasteiger partial charge in [0.15, 0.2) is 0 Å². The fourth-order valence-electron chi connectivity index (χ4n) is 2.53. The van der Waals surface area contributed by atoms with Crippen LogP contribution in [0.5, 0.6) is 0 Å². The predicted molar refractivity (Wildman–Crippen MR) is 93.7 cm³/mol. The van der Waals surface area contributed by atoms with Crippen molar-refractivity contribution in [1.82, 2.24) is 0 Å². The standard InChI is InChI=1S/C20H25N/c1-4-6-16-21(15-5-2)19-13-11-18(12-14-19)20-10-8-7-9-17(20)3/h5,7-15H,4,6,16H2,1-3H3/b15-5-. The van der Waals surface area contributed by atoms with Gasteiger partial charge in [-0.15, -0.1) is 0 Å². The lowest BCUT2D eigenvalue weighted by Gasteiger charge is -2.20. The summed E-state index contributed by atoms with van der Waals surface area (Å²) in [6.45, 7) is 7.54. The largest absolute Gasteiger partial charge is 0.348 e. The van der Waals surface area contributed by atoms with E-state index in [4.69, 9.17) is 0 Å². The molecular formula is C20H25N. The zero-order valence-corrected chi connectivity index (χ0v) is 13.3. The summed E-state index contributed by atoms with van der Waals surface area (Å²) in [5.41, 5.74) is 5.18. The van der Waals surface area contributed by atoms with Crippen molar-refractivity contribution in [3.63, 3.8) is 0 Å². The minimum absolute atomic E-state index is 1.07. The lowest BCUT2D eigenvalue weighted by atomic mass is 10.0. The Morgan fingerprint density at radius 1 is 1.00 bits per heavy atom. The molecule has 0 aliphatic rings. The topological polar surface area (TPSA) is 3.24 Å². The number of allylic oxidation sites excluding steroid dienone is 1. The monoisotopic (exact) mass is 279 g/mol. The zero-order valence-electron chi connectivity index (χ0n) is 13.3. The van der Waals surface area contributed by atoms with Crippen LogP contribution in [-0.4, -0.2) is 6.54 Å². The predicted octanol–water partition coefficient (Wildman–Crippen LogP) is 5.80. The molecule has 2 aromatic carbocycles. The highest BCUT2D eigenvalue weighted by atomic mass is 15.1. The summed E-state index contributed by atoms with van der Waals surface area (Å²) in [5.74, 6) is 0. The van der Waals surface area contributed by atoms with E-state index in [2.05, 4.69) is 86.5 Å². The van der Waals surface area contributed by atoms with Gasteiger partial charge in [-0.1, -0.05) is 55.8 Å². The van der Waals surface area contributed by atoms with Crippen molar-refractivity contribution in [3.8, 4) is 11.1 Å². The molecule has 0 aliphatic heterocycles. The van der Waals surface area contributed by atoms with E-state index >= 15 is 0 Å². The number of nitrogens with zero attached hydrogens (tertiary/aromatic N) is 1. The minimum atomic E-state index is 1.07. The minimum Gasteiger partial charge on any atom is -0.348 e. The number of aryl methyl sites for hydroxylation is 1. The molecule has 0 N–H and O–H groups in total. The van der Waals surface area contributed by atoms with Gasteiger partial charge in [-0.2, -0.15) is 0 Å². The number of hydrogen-bond donors (Lipinski definition) is 0. The number of hydrogen-bond acceptors (Lipinski definition) is 1. The van der Waals surface area contributed by atoms with Gasteiger partial charge < -0.3 is 4.90 Å². The summed E-state index contributed by atoms with van der Waals surface area (Å²) in [7, 11) is 0. The Hall–Kier alpha value is -2.02. The normalized spacial score (nSPS) is 11.0. The summed E-state index contributed by atoms with van der Waals surface area (Å²) in [5, 5.41) is 0. The average Bonchev–Trinajstić information content (AvgIpc) is 2.52. The summed E-state index contributed by atoms with van der Waals surface area (Å²) in [6, 6.07) is 17.4. The smallest absolute Gasteiger partial charge is 0.0406 e. The van der Waals surface area contributed by atoms with Crippen LogP contribution in [0.1, 0.15) is 32.3 Å². The second-order valence-electron chi connectivity index (χ2n) is 5.39. The molecule has 0 fully saturated rings. The van der Waals surface area contributed by atoms with Gasteiger partial charge in [0, 0.05) is 12.2 Å². The molecule has 0 atom stereocenters. The lowest BCUT2D eigenvalue weighted by Crippen LogP contribution is -2.16. The molecule has 2 aromatic rings. The van der Waals surface area contributed by atoms with E-state index in [0.717, 1.165) is 6.54 Å². The van der Waals surface area contributed by atoms with E-state index in [1.165, 1.54) is 35.2 Å². The van der Waals surface area contributed by atoms with Crippen LogP contribution in [0.2, 0.25) is 0 Å². The fraction of sp³-hybridized carbons (Fsp3) is 0.300. The average molecular weight is 279 g/mol. The van der Waals surface area contributed by atoms with E-state index in [9.17, 15) is 0 Å². The highest BCUT2D eigenvalue weighted by molar-refractivity contribution is 5.69. The molecule has 0 saturated carbocycles. The van der Waals surface area contributed by atoms with Crippen LogP contribution in [0.25, 0.3) is 11.1 Å². The fourth-order valence-corrected chi connectivity index (χ4v) is 2.53. The van der Waals surface area contributed by atoms with Crippen LogP contribution in [0.4, 0.5) is 5.69 Å². The summed E-state index contributed by atoms with van der Waals surface area (Å²) >= 11 is 0. The van der Waals surface area contributed by atoms with Crippen molar-refractivity contribution in [2.24, 2.45) is 0 Å². The van der Waals surface area contributed by atoms with Crippen LogP contribution >= 0.6 is 0 Å². The molecule has 0 amide bonds. The Labute approximate surface area is 128 Å². The Kier molecular flexibility index (Phi) is 5.62. The van der Waals surface area contributed by atoms with Crippen molar-refractivity contribution in [2.75, 3.05) is 11.4 Å². The molecular weight excluding hydrogens is 254 g/mol. The molecule has 0 bridgehead atoms. The van der Waals surface area contributed by atoms with Crippen molar-refractivity contribution in [3.05, 3.63) is 66.4 Å². The molecule has 0 saturated heterocycles. The first-order chi connectivity index (χ1) is 10.3. The molecule has 0 heterocycles. The summed E-state index contributed by atoms with van der Waals surface area (Å²) in [4.78, 5) is 2.32. The molecule has 0 radical (unpaired) electrons. The van der Waals surface area contributed by atoms with E-state index in [1.54, 1.807) is 0 Å². The summed E-state index contributed by atoms with van der Waals surface area (Å²) < 4.78 is 0. The van der Waals surface area contributed by atoms with Gasteiger partial charge >= 0.3 is 0 Å². The van der Waals surface area contributed by atoms with Crippen molar-refractivity contribution in [2.45, 2.75) is 33.6 Å². The second-order valence-corrected chi connectivity index (χ2v) is 5.39. The maximum Gasteiger partial charge on any atom is 0.0406 e. The molecule has 0 aliphatic carbocycles. The Morgan fingerprint density at radius 3 is 2.33 bits per heavy atom. The van der Waals surface area contributed by atoms with Crippen LogP contribution in [-0.2, 0) is 0 Å². The SMILES string of the molecule is C/C=C\N(CCCC)c1ccc(-c2ccccc2C)cc1. The van der Waals surface area contributed by atoms with Crippen LogP contribution in [0.15, 0.2) is 60.8 Å². The number of anilines is 1. The quantitative estimate of drug-likeness (QED) is 0.645.